The Morgan fingerprint density at radius 2 is 2.17 bits per heavy atom. The lowest BCUT2D eigenvalue weighted by Crippen LogP contribution is -2.06. The number of anilines is 1. The molecular formula is C12H13N5S. The molecule has 92 valence electrons. The van der Waals surface area contributed by atoms with E-state index in [0.717, 1.165) is 27.4 Å². The summed E-state index contributed by atoms with van der Waals surface area (Å²) in [6.07, 6.45) is 0. The highest BCUT2D eigenvalue weighted by molar-refractivity contribution is 7.13. The molecule has 0 aliphatic heterocycles. The molecule has 0 saturated heterocycles. The second-order valence-electron chi connectivity index (χ2n) is 4.10. The summed E-state index contributed by atoms with van der Waals surface area (Å²) >= 11 is 1.56. The molecule has 18 heavy (non-hydrogen) atoms. The van der Waals surface area contributed by atoms with E-state index in [1.807, 2.05) is 19.4 Å². The first-order valence-electron chi connectivity index (χ1n) is 5.54. The van der Waals surface area contributed by atoms with E-state index < -0.39 is 0 Å². The van der Waals surface area contributed by atoms with Crippen LogP contribution in [0.3, 0.4) is 0 Å². The zero-order chi connectivity index (χ0) is 12.7. The van der Waals surface area contributed by atoms with Gasteiger partial charge in [-0.1, -0.05) is 0 Å². The number of thiazole rings is 1. The van der Waals surface area contributed by atoms with Crippen molar-refractivity contribution in [2.24, 2.45) is 12.9 Å². The lowest BCUT2D eigenvalue weighted by Gasteiger charge is -1.98. The standard InChI is InChI=1S/C12H13N5S/c1-7-14-9-5-8(3-4-10(9)17(7)2)12-15-11(16-13)6-18-12/h3-6,16H,13H2,1-2H3. The number of hydrogen-bond donors (Lipinski definition) is 2. The molecular weight excluding hydrogens is 246 g/mol. The number of aryl methyl sites for hydroxylation is 2. The van der Waals surface area contributed by atoms with Crippen molar-refractivity contribution >= 4 is 28.2 Å². The first kappa shape index (κ1) is 11.2. The molecule has 0 aliphatic carbocycles. The van der Waals surface area contributed by atoms with E-state index >= 15 is 0 Å². The van der Waals surface area contributed by atoms with E-state index in [2.05, 4.69) is 38.2 Å². The van der Waals surface area contributed by atoms with Gasteiger partial charge in [0.1, 0.15) is 10.8 Å². The fourth-order valence-corrected chi connectivity index (χ4v) is 2.68. The summed E-state index contributed by atoms with van der Waals surface area (Å²) in [5.41, 5.74) is 5.73. The van der Waals surface area contributed by atoms with Gasteiger partial charge >= 0.3 is 0 Å². The number of hydrogen-bond acceptors (Lipinski definition) is 5. The molecule has 0 fully saturated rings. The minimum absolute atomic E-state index is 0.687. The average Bonchev–Trinajstić information content (AvgIpc) is 2.95. The molecule has 3 rings (SSSR count). The normalized spacial score (nSPS) is 11.1. The predicted molar refractivity (Wildman–Crippen MR) is 74.4 cm³/mol. The zero-order valence-corrected chi connectivity index (χ0v) is 11.0. The van der Waals surface area contributed by atoms with Crippen molar-refractivity contribution in [1.82, 2.24) is 14.5 Å². The van der Waals surface area contributed by atoms with Crippen LogP contribution in [0.15, 0.2) is 23.6 Å². The Balaban J connectivity index is 2.13. The van der Waals surface area contributed by atoms with Crippen LogP contribution in [-0.4, -0.2) is 14.5 Å². The Kier molecular flexibility index (Phi) is 2.53. The molecule has 0 aliphatic rings. The van der Waals surface area contributed by atoms with E-state index in [1.54, 1.807) is 11.3 Å². The van der Waals surface area contributed by atoms with Crippen LogP contribution in [0.25, 0.3) is 21.6 Å². The topological polar surface area (TPSA) is 68.8 Å². The van der Waals surface area contributed by atoms with E-state index in [4.69, 9.17) is 5.84 Å². The SMILES string of the molecule is Cc1nc2cc(-c3nc(NN)cs3)ccc2n1C. The van der Waals surface area contributed by atoms with Gasteiger partial charge in [0.2, 0.25) is 0 Å². The van der Waals surface area contributed by atoms with Crippen molar-refractivity contribution in [3.63, 3.8) is 0 Å². The van der Waals surface area contributed by atoms with Gasteiger partial charge in [0, 0.05) is 18.0 Å². The average molecular weight is 259 g/mol. The number of imidazole rings is 1. The van der Waals surface area contributed by atoms with E-state index in [0.29, 0.717) is 5.82 Å². The molecule has 0 bridgehead atoms. The maximum absolute atomic E-state index is 5.33. The summed E-state index contributed by atoms with van der Waals surface area (Å²) in [5.74, 6) is 7.03. The van der Waals surface area contributed by atoms with Crippen LogP contribution in [0.4, 0.5) is 5.82 Å². The summed E-state index contributed by atoms with van der Waals surface area (Å²) < 4.78 is 2.08. The minimum atomic E-state index is 0.687. The first-order valence-corrected chi connectivity index (χ1v) is 6.42. The molecule has 0 spiro atoms. The maximum atomic E-state index is 5.33. The molecule has 3 N–H and O–H groups in total. The van der Waals surface area contributed by atoms with Gasteiger partial charge in [0.05, 0.1) is 11.0 Å². The minimum Gasteiger partial charge on any atom is -0.331 e. The third kappa shape index (κ3) is 1.66. The Hall–Kier alpha value is -1.92. The summed E-state index contributed by atoms with van der Waals surface area (Å²) in [4.78, 5) is 8.91. The van der Waals surface area contributed by atoms with E-state index in [-0.39, 0.29) is 0 Å². The number of nitrogen functional groups attached to an aromatic ring is 1. The third-order valence-electron chi connectivity index (χ3n) is 3.00. The van der Waals surface area contributed by atoms with Gasteiger partial charge in [-0.3, -0.25) is 0 Å². The second-order valence-corrected chi connectivity index (χ2v) is 4.96. The number of nitrogens with one attached hydrogen (secondary N) is 1. The Bertz CT molecular complexity index is 712. The van der Waals surface area contributed by atoms with Crippen molar-refractivity contribution in [3.8, 4) is 10.6 Å². The van der Waals surface area contributed by atoms with Crippen molar-refractivity contribution in [1.29, 1.82) is 0 Å². The van der Waals surface area contributed by atoms with Crippen molar-refractivity contribution in [2.75, 3.05) is 5.43 Å². The molecule has 2 heterocycles. The van der Waals surface area contributed by atoms with Crippen LogP contribution in [0, 0.1) is 6.92 Å². The van der Waals surface area contributed by atoms with Crippen LogP contribution < -0.4 is 11.3 Å². The fraction of sp³-hybridized carbons (Fsp3) is 0.167. The smallest absolute Gasteiger partial charge is 0.151 e. The predicted octanol–water partition coefficient (Wildman–Crippen LogP) is 2.29. The first-order chi connectivity index (χ1) is 8.69. The fourth-order valence-electron chi connectivity index (χ4n) is 1.93. The number of hydrazine groups is 1. The van der Waals surface area contributed by atoms with Crippen LogP contribution >= 0.6 is 11.3 Å². The van der Waals surface area contributed by atoms with Crippen molar-refractivity contribution in [3.05, 3.63) is 29.4 Å². The number of fused-ring (bicyclic) bond motifs is 1. The number of aromatic nitrogens is 3. The van der Waals surface area contributed by atoms with Gasteiger partial charge in [0.25, 0.3) is 0 Å². The highest BCUT2D eigenvalue weighted by atomic mass is 32.1. The van der Waals surface area contributed by atoms with Gasteiger partial charge in [-0.05, 0) is 25.1 Å². The molecule has 1 aromatic carbocycles. The quantitative estimate of drug-likeness (QED) is 0.547. The Labute approximate surface area is 108 Å². The van der Waals surface area contributed by atoms with Crippen molar-refractivity contribution < 1.29 is 0 Å². The summed E-state index contributed by atoms with van der Waals surface area (Å²) in [6.45, 7) is 2.00. The summed E-state index contributed by atoms with van der Waals surface area (Å²) in [6, 6.07) is 6.19. The highest BCUT2D eigenvalue weighted by Crippen LogP contribution is 2.28. The number of nitrogens with zero attached hydrogens (tertiary/aromatic N) is 3. The third-order valence-corrected chi connectivity index (χ3v) is 3.89. The number of nitrogens with two attached hydrogens (primary N) is 1. The number of rotatable bonds is 2. The lowest BCUT2D eigenvalue weighted by atomic mass is 10.2. The molecule has 0 radical (unpaired) electrons. The van der Waals surface area contributed by atoms with Crippen LogP contribution in [0.2, 0.25) is 0 Å². The van der Waals surface area contributed by atoms with Gasteiger partial charge in [-0.15, -0.1) is 11.3 Å². The molecule has 0 atom stereocenters. The van der Waals surface area contributed by atoms with Crippen LogP contribution in [0.5, 0.6) is 0 Å². The van der Waals surface area contributed by atoms with Crippen molar-refractivity contribution in [2.45, 2.75) is 6.92 Å². The molecule has 2 aromatic heterocycles. The van der Waals surface area contributed by atoms with Gasteiger partial charge < -0.3 is 9.99 Å². The monoisotopic (exact) mass is 259 g/mol. The molecule has 5 nitrogen and oxygen atoms in total. The van der Waals surface area contributed by atoms with Crippen LogP contribution in [-0.2, 0) is 7.05 Å². The Morgan fingerprint density at radius 3 is 2.89 bits per heavy atom. The summed E-state index contributed by atoms with van der Waals surface area (Å²) in [7, 11) is 2.02. The molecule has 0 unspecified atom stereocenters. The lowest BCUT2D eigenvalue weighted by molar-refractivity contribution is 0.886. The number of benzene rings is 1. The molecule has 6 heteroatoms. The highest BCUT2D eigenvalue weighted by Gasteiger charge is 2.08. The van der Waals surface area contributed by atoms with Gasteiger partial charge in [-0.25, -0.2) is 15.8 Å². The van der Waals surface area contributed by atoms with Gasteiger partial charge in [-0.2, -0.15) is 0 Å². The maximum Gasteiger partial charge on any atom is 0.151 e. The van der Waals surface area contributed by atoms with Gasteiger partial charge in [0.15, 0.2) is 5.82 Å². The Morgan fingerprint density at radius 1 is 1.33 bits per heavy atom. The largest absolute Gasteiger partial charge is 0.331 e. The molecule has 3 aromatic rings. The molecule has 0 saturated carbocycles. The van der Waals surface area contributed by atoms with E-state index in [1.165, 1.54) is 0 Å². The summed E-state index contributed by atoms with van der Waals surface area (Å²) in [5, 5.41) is 2.83. The second kappa shape index (κ2) is 4.08. The molecule has 0 amide bonds. The zero-order valence-electron chi connectivity index (χ0n) is 10.1. The van der Waals surface area contributed by atoms with E-state index in [9.17, 15) is 0 Å². The van der Waals surface area contributed by atoms with Crippen LogP contribution in [0.1, 0.15) is 5.82 Å².